The summed E-state index contributed by atoms with van der Waals surface area (Å²) in [6.07, 6.45) is 1.95. The zero-order valence-corrected chi connectivity index (χ0v) is 36.7. The van der Waals surface area contributed by atoms with E-state index in [-0.39, 0.29) is 55.7 Å². The summed E-state index contributed by atoms with van der Waals surface area (Å²) >= 11 is 0. The minimum atomic E-state index is -1.28. The first-order chi connectivity index (χ1) is 29.3. The van der Waals surface area contributed by atoms with Crippen LogP contribution in [0, 0.1) is 0 Å². The number of unbranched alkanes of at least 4 members (excludes halogenated alkanes) is 1. The van der Waals surface area contributed by atoms with Gasteiger partial charge in [0.25, 0.3) is 0 Å². The summed E-state index contributed by atoms with van der Waals surface area (Å²) in [5.41, 5.74) is 2.16. The van der Waals surface area contributed by atoms with Gasteiger partial charge >= 0.3 is 0 Å². The number of nitrogens with one attached hydrogen (secondary N) is 9. The van der Waals surface area contributed by atoms with E-state index in [1.54, 1.807) is 45.4 Å². The molecule has 0 saturated carbocycles. The molecule has 18 nitrogen and oxygen atoms in total. The molecule has 1 aliphatic rings. The molecule has 0 aromatic heterocycles. The number of hydrogen-bond donors (Lipinski definition) is 12. The fourth-order valence-electron chi connectivity index (χ4n) is 7.34. The van der Waals surface area contributed by atoms with Gasteiger partial charge in [0.2, 0.25) is 29.5 Å². The second-order valence-electron chi connectivity index (χ2n) is 15.6. The van der Waals surface area contributed by atoms with Crippen molar-refractivity contribution in [3.05, 3.63) is 47.5 Å². The number of aliphatic hydroxyl groups excluding tert-OH is 1. The lowest BCUT2D eigenvalue weighted by molar-refractivity contribution is -0.143. The summed E-state index contributed by atoms with van der Waals surface area (Å²) < 4.78 is 0. The first-order valence-electron chi connectivity index (χ1n) is 21.3. The van der Waals surface area contributed by atoms with Crippen LogP contribution in [-0.2, 0) is 36.8 Å². The topological polar surface area (TPSA) is 258 Å². The van der Waals surface area contributed by atoms with Crippen LogP contribution in [0.25, 0.3) is 11.1 Å². The number of fused-ring (bicyclic) bond motifs is 5. The van der Waals surface area contributed by atoms with Crippen molar-refractivity contribution in [3.8, 4) is 22.6 Å². The van der Waals surface area contributed by atoms with Crippen molar-refractivity contribution in [2.45, 2.75) is 94.1 Å². The first-order valence-corrected chi connectivity index (χ1v) is 21.3. The van der Waals surface area contributed by atoms with Crippen LogP contribution >= 0.6 is 0 Å². The average molecular weight is 855 g/mol. The quantitative estimate of drug-likeness (QED) is 0.0589. The Morgan fingerprint density at radius 2 is 1.46 bits per heavy atom. The van der Waals surface area contributed by atoms with Gasteiger partial charge in [0.15, 0.2) is 0 Å². The van der Waals surface area contributed by atoms with Crippen molar-refractivity contribution in [2.75, 3.05) is 75.0 Å². The molecule has 1 heterocycles. The maximum absolute atomic E-state index is 14.5. The molecule has 4 bridgehead atoms. The summed E-state index contributed by atoms with van der Waals surface area (Å²) in [5.74, 6) is -2.45. The van der Waals surface area contributed by atoms with Crippen molar-refractivity contribution in [2.24, 2.45) is 0 Å². The van der Waals surface area contributed by atoms with E-state index in [4.69, 9.17) is 0 Å². The Hall–Kier alpha value is -4.85. The van der Waals surface area contributed by atoms with Gasteiger partial charge in [-0.3, -0.25) is 24.0 Å². The summed E-state index contributed by atoms with van der Waals surface area (Å²) in [6.45, 7) is 2.28. The molecular weight excluding hydrogens is 785 g/mol. The van der Waals surface area contributed by atoms with Crippen LogP contribution in [0.2, 0.25) is 0 Å². The number of amides is 5. The van der Waals surface area contributed by atoms with Crippen LogP contribution in [-0.4, -0.2) is 161 Å². The van der Waals surface area contributed by atoms with Crippen LogP contribution in [0.4, 0.5) is 0 Å². The van der Waals surface area contributed by atoms with E-state index in [1.807, 2.05) is 14.1 Å². The molecule has 0 saturated heterocycles. The number of nitrogens with zero attached hydrogens (tertiary/aromatic N) is 1. The van der Waals surface area contributed by atoms with Gasteiger partial charge in [-0.05, 0) is 114 Å². The van der Waals surface area contributed by atoms with Crippen molar-refractivity contribution < 1.29 is 39.3 Å². The first kappa shape index (κ1) is 50.5. The van der Waals surface area contributed by atoms with Crippen LogP contribution in [0.5, 0.6) is 11.5 Å². The Morgan fingerprint density at radius 1 is 0.803 bits per heavy atom. The van der Waals surface area contributed by atoms with Crippen LogP contribution < -0.4 is 47.9 Å². The van der Waals surface area contributed by atoms with Gasteiger partial charge in [0.05, 0.1) is 12.1 Å². The Kier molecular flexibility index (Phi) is 21.9. The molecule has 1 aliphatic heterocycles. The molecular formula is C43H70N10O8. The number of phenolic OH excluding ortho intramolecular Hbond substituents is 2. The van der Waals surface area contributed by atoms with Gasteiger partial charge < -0.3 is 68.1 Å². The van der Waals surface area contributed by atoms with Crippen molar-refractivity contribution in [1.82, 2.24) is 52.8 Å². The summed E-state index contributed by atoms with van der Waals surface area (Å²) in [7, 11) is 10.1. The van der Waals surface area contributed by atoms with E-state index < -0.39 is 53.9 Å². The number of hydrogen-bond acceptors (Lipinski definition) is 13. The molecule has 0 radical (unpaired) electrons. The van der Waals surface area contributed by atoms with Crippen LogP contribution in [0.15, 0.2) is 36.4 Å². The molecule has 5 amide bonds. The van der Waals surface area contributed by atoms with Gasteiger partial charge in [-0.2, -0.15) is 0 Å². The SMILES string of the molecule is CNCCC[C@H](NC(=O)[C@@H]1Cc2cc(ccc2O)-c2ccc(O)c(c2)C[C@H](NC)C(=O)N[C@@H](C[C@@H](O)CNC)C(=O)N1C)C(=O)NCCCC[C@@H](CC(=O)NCCNC)NC. The van der Waals surface area contributed by atoms with Crippen LogP contribution in [0.1, 0.15) is 56.1 Å². The third-order valence-electron chi connectivity index (χ3n) is 11.0. The van der Waals surface area contributed by atoms with Gasteiger partial charge in [-0.15, -0.1) is 0 Å². The van der Waals surface area contributed by atoms with E-state index in [0.717, 1.165) is 12.8 Å². The fourth-order valence-corrected chi connectivity index (χ4v) is 7.34. The van der Waals surface area contributed by atoms with E-state index in [9.17, 15) is 39.3 Å². The number of rotatable bonds is 23. The maximum atomic E-state index is 14.5. The highest BCUT2D eigenvalue weighted by molar-refractivity contribution is 5.95. The highest BCUT2D eigenvalue weighted by Crippen LogP contribution is 2.31. The predicted molar refractivity (Wildman–Crippen MR) is 235 cm³/mol. The van der Waals surface area contributed by atoms with Crippen molar-refractivity contribution >= 4 is 29.5 Å². The Balaban J connectivity index is 1.92. The maximum Gasteiger partial charge on any atom is 0.245 e. The molecule has 2 aromatic rings. The van der Waals surface area contributed by atoms with Gasteiger partial charge in [-0.1, -0.05) is 18.6 Å². The number of carbonyl (C=O) groups excluding carboxylic acids is 5. The number of benzene rings is 2. The van der Waals surface area contributed by atoms with E-state index in [0.29, 0.717) is 67.7 Å². The predicted octanol–water partition coefficient (Wildman–Crippen LogP) is -1.18. The number of carbonyl (C=O) groups is 5. The normalized spacial score (nSPS) is 18.5. The molecule has 61 heavy (non-hydrogen) atoms. The standard InChI is InChI=1S/C43H70N10O8/c1-44-16-9-11-33(40(58)50-17-8-7-10-31(47-4)24-39(57)49-19-18-45-2)51-42(60)36-23-30-21-28(13-15-38(30)56)27-12-14-37(55)29(20-27)22-34(48-5)41(59)52-35(43(61)53(36)6)25-32(54)26-46-3/h12-15,20-21,31-36,44-48,54-56H,7-11,16-19,22-26H2,1-6H3,(H,49,57)(H,50,58)(H,51,60)(H,52,59)/t31-,32+,33-,34-,35-,36-/m0/s1. The van der Waals surface area contributed by atoms with E-state index >= 15 is 0 Å². The minimum Gasteiger partial charge on any atom is -0.508 e. The number of likely N-dealkylation sites (N-methyl/N-ethyl adjacent to an activating group) is 4. The lowest BCUT2D eigenvalue weighted by Gasteiger charge is -2.33. The summed E-state index contributed by atoms with van der Waals surface area (Å²) in [6, 6.07) is 5.46. The summed E-state index contributed by atoms with van der Waals surface area (Å²) in [4.78, 5) is 70.0. The second-order valence-corrected chi connectivity index (χ2v) is 15.6. The lowest BCUT2D eigenvalue weighted by atomic mass is 9.95. The van der Waals surface area contributed by atoms with E-state index in [1.165, 1.54) is 24.1 Å². The zero-order valence-electron chi connectivity index (χ0n) is 36.7. The number of aliphatic hydroxyl groups is 1. The fraction of sp³-hybridized carbons (Fsp3) is 0.605. The molecule has 12 N–H and O–H groups in total. The van der Waals surface area contributed by atoms with Crippen molar-refractivity contribution in [1.29, 1.82) is 0 Å². The molecule has 6 atom stereocenters. The molecule has 2 aromatic carbocycles. The smallest absolute Gasteiger partial charge is 0.245 e. The van der Waals surface area contributed by atoms with Gasteiger partial charge in [0, 0.05) is 65.0 Å². The molecule has 0 fully saturated rings. The number of aromatic hydroxyl groups is 2. The largest absolute Gasteiger partial charge is 0.508 e. The number of phenols is 2. The lowest BCUT2D eigenvalue weighted by Crippen LogP contribution is -2.59. The summed E-state index contributed by atoms with van der Waals surface area (Å²) in [5, 5.41) is 59.3. The Bertz CT molecular complexity index is 1730. The third kappa shape index (κ3) is 16.2. The molecule has 0 spiro atoms. The Morgan fingerprint density at radius 3 is 2.07 bits per heavy atom. The Labute approximate surface area is 360 Å². The monoisotopic (exact) mass is 855 g/mol. The second kappa shape index (κ2) is 26.5. The van der Waals surface area contributed by atoms with Gasteiger partial charge in [-0.25, -0.2) is 0 Å². The third-order valence-corrected chi connectivity index (χ3v) is 11.0. The minimum absolute atomic E-state index is 0.0225. The highest BCUT2D eigenvalue weighted by Gasteiger charge is 2.36. The molecule has 340 valence electrons. The van der Waals surface area contributed by atoms with E-state index in [2.05, 4.69) is 47.9 Å². The molecule has 0 aliphatic carbocycles. The molecule has 3 rings (SSSR count). The van der Waals surface area contributed by atoms with Crippen LogP contribution in [0.3, 0.4) is 0 Å². The molecule has 0 unspecified atom stereocenters. The van der Waals surface area contributed by atoms with Crippen molar-refractivity contribution in [3.63, 3.8) is 0 Å². The average Bonchev–Trinajstić information content (AvgIpc) is 3.23. The van der Waals surface area contributed by atoms with Gasteiger partial charge in [0.1, 0.15) is 29.6 Å². The zero-order chi connectivity index (χ0) is 44.9. The molecule has 18 heteroatoms. The highest BCUT2D eigenvalue weighted by atomic mass is 16.3.